The predicted molar refractivity (Wildman–Crippen MR) is 110 cm³/mol. The van der Waals surface area contributed by atoms with Gasteiger partial charge in [-0.3, -0.25) is 9.59 Å². The van der Waals surface area contributed by atoms with E-state index < -0.39 is 17.6 Å². The number of amides is 2. The number of hydrogen-bond acceptors (Lipinski definition) is 4. The Kier molecular flexibility index (Phi) is 5.59. The van der Waals surface area contributed by atoms with Gasteiger partial charge in [-0.15, -0.1) is 23.5 Å². The largest absolute Gasteiger partial charge is 0.326 e. The van der Waals surface area contributed by atoms with Crippen LogP contribution in [0, 0.1) is 17.6 Å². The van der Waals surface area contributed by atoms with Crippen molar-refractivity contribution in [3.05, 3.63) is 59.7 Å². The van der Waals surface area contributed by atoms with Crippen molar-refractivity contribution in [1.82, 2.24) is 0 Å². The summed E-state index contributed by atoms with van der Waals surface area (Å²) in [7, 11) is 0. The lowest BCUT2D eigenvalue weighted by molar-refractivity contribution is -0.122. The molecule has 0 aliphatic carbocycles. The van der Waals surface area contributed by atoms with Crippen molar-refractivity contribution in [2.45, 2.75) is 11.0 Å². The Balaban J connectivity index is 1.44. The molecule has 0 saturated carbocycles. The number of rotatable bonds is 4. The fourth-order valence-corrected chi connectivity index (χ4v) is 6.21. The highest BCUT2D eigenvalue weighted by Crippen LogP contribution is 2.45. The third kappa shape index (κ3) is 4.03. The maximum atomic E-state index is 14.0. The van der Waals surface area contributed by atoms with Gasteiger partial charge >= 0.3 is 0 Å². The number of carbonyl (C=O) groups excluding carboxylic acids is 2. The summed E-state index contributed by atoms with van der Waals surface area (Å²) in [6.07, 6.45) is -0.00330. The molecule has 8 heteroatoms. The number of hydrogen-bond donors (Lipinski definition) is 1. The van der Waals surface area contributed by atoms with Crippen molar-refractivity contribution in [2.24, 2.45) is 5.92 Å². The second kappa shape index (κ2) is 8.13. The number of benzene rings is 2. The molecule has 2 fully saturated rings. The molecule has 1 atom stereocenters. The zero-order chi connectivity index (χ0) is 19.7. The topological polar surface area (TPSA) is 49.4 Å². The minimum Gasteiger partial charge on any atom is -0.326 e. The molecule has 1 N–H and O–H groups in total. The van der Waals surface area contributed by atoms with Crippen LogP contribution in [0.1, 0.15) is 16.6 Å². The molecule has 2 saturated heterocycles. The number of nitrogens with zero attached hydrogens (tertiary/aromatic N) is 1. The molecular weight excluding hydrogens is 402 g/mol. The summed E-state index contributed by atoms with van der Waals surface area (Å²) in [6.45, 7) is 0.0707. The summed E-state index contributed by atoms with van der Waals surface area (Å²) in [5.74, 6) is -0.497. The summed E-state index contributed by atoms with van der Waals surface area (Å²) in [5, 5.41) is 2.87. The summed E-state index contributed by atoms with van der Waals surface area (Å²) in [5.41, 5.74) is 1.84. The second-order valence-corrected chi connectivity index (χ2v) is 9.41. The van der Waals surface area contributed by atoms with E-state index in [2.05, 4.69) is 5.32 Å². The highest BCUT2D eigenvalue weighted by atomic mass is 32.2. The molecule has 2 aliphatic rings. The normalized spacial score (nSPS) is 20.0. The van der Waals surface area contributed by atoms with Crippen LogP contribution in [0.4, 0.5) is 20.2 Å². The van der Waals surface area contributed by atoms with Crippen molar-refractivity contribution in [3.8, 4) is 0 Å². The third-order valence-corrected chi connectivity index (χ3v) is 7.85. The highest BCUT2D eigenvalue weighted by molar-refractivity contribution is 8.19. The van der Waals surface area contributed by atoms with Crippen molar-refractivity contribution < 1.29 is 18.4 Å². The fourth-order valence-electron chi connectivity index (χ4n) is 3.37. The molecule has 0 bridgehead atoms. The highest BCUT2D eigenvalue weighted by Gasteiger charge is 2.36. The van der Waals surface area contributed by atoms with Crippen LogP contribution in [0.5, 0.6) is 0 Å². The Bertz CT molecular complexity index is 919. The SMILES string of the molecule is O=C(Nc1cccc(C2SCCS2)c1)C1CC(=O)N(c2ccc(F)cc2F)C1. The van der Waals surface area contributed by atoms with E-state index in [4.69, 9.17) is 0 Å². The van der Waals surface area contributed by atoms with E-state index in [-0.39, 0.29) is 30.5 Å². The van der Waals surface area contributed by atoms with E-state index in [1.54, 1.807) is 0 Å². The van der Waals surface area contributed by atoms with E-state index in [0.29, 0.717) is 10.3 Å². The number of carbonyl (C=O) groups is 2. The molecule has 2 amide bonds. The van der Waals surface area contributed by atoms with E-state index in [1.165, 1.54) is 11.0 Å². The van der Waals surface area contributed by atoms with E-state index >= 15 is 0 Å². The molecule has 0 aromatic heterocycles. The van der Waals surface area contributed by atoms with Crippen LogP contribution in [-0.4, -0.2) is 29.9 Å². The number of anilines is 2. The minimum atomic E-state index is -0.811. The maximum absolute atomic E-state index is 14.0. The van der Waals surface area contributed by atoms with Crippen molar-refractivity contribution in [3.63, 3.8) is 0 Å². The Hall–Kier alpha value is -2.06. The first-order chi connectivity index (χ1) is 13.5. The smallest absolute Gasteiger partial charge is 0.229 e. The first-order valence-corrected chi connectivity index (χ1v) is 11.0. The first-order valence-electron chi connectivity index (χ1n) is 8.91. The van der Waals surface area contributed by atoms with Gasteiger partial charge in [-0.25, -0.2) is 8.78 Å². The second-order valence-electron chi connectivity index (χ2n) is 6.69. The monoisotopic (exact) mass is 420 g/mol. The van der Waals surface area contributed by atoms with Crippen LogP contribution in [0.3, 0.4) is 0 Å². The van der Waals surface area contributed by atoms with Crippen LogP contribution in [0.25, 0.3) is 0 Å². The van der Waals surface area contributed by atoms with Gasteiger partial charge < -0.3 is 10.2 Å². The van der Waals surface area contributed by atoms with E-state index in [9.17, 15) is 18.4 Å². The summed E-state index contributed by atoms with van der Waals surface area (Å²) < 4.78 is 27.5. The van der Waals surface area contributed by atoms with Gasteiger partial charge in [-0.05, 0) is 29.8 Å². The van der Waals surface area contributed by atoms with Gasteiger partial charge in [-0.1, -0.05) is 12.1 Å². The van der Waals surface area contributed by atoms with E-state index in [0.717, 1.165) is 29.2 Å². The molecule has 2 heterocycles. The average molecular weight is 421 g/mol. The van der Waals surface area contributed by atoms with Gasteiger partial charge in [-0.2, -0.15) is 0 Å². The van der Waals surface area contributed by atoms with Crippen LogP contribution >= 0.6 is 23.5 Å². The zero-order valence-electron chi connectivity index (χ0n) is 14.9. The van der Waals surface area contributed by atoms with E-state index in [1.807, 2.05) is 47.8 Å². The van der Waals surface area contributed by atoms with Gasteiger partial charge in [0.1, 0.15) is 11.6 Å². The quantitative estimate of drug-likeness (QED) is 0.795. The molecule has 4 nitrogen and oxygen atoms in total. The van der Waals surface area contributed by atoms with Gasteiger partial charge in [0.05, 0.1) is 16.2 Å². The number of halogens is 2. The summed E-state index contributed by atoms with van der Waals surface area (Å²) in [6, 6.07) is 10.8. The van der Waals surface area contributed by atoms with Crippen molar-refractivity contribution >= 4 is 46.7 Å². The summed E-state index contributed by atoms with van der Waals surface area (Å²) in [4.78, 5) is 26.2. The molecule has 146 valence electrons. The lowest BCUT2D eigenvalue weighted by Crippen LogP contribution is -2.28. The van der Waals surface area contributed by atoms with Crippen LogP contribution < -0.4 is 10.2 Å². The van der Waals surface area contributed by atoms with Crippen molar-refractivity contribution in [1.29, 1.82) is 0 Å². The summed E-state index contributed by atoms with van der Waals surface area (Å²) >= 11 is 3.77. The van der Waals surface area contributed by atoms with Crippen LogP contribution in [-0.2, 0) is 9.59 Å². The zero-order valence-corrected chi connectivity index (χ0v) is 16.5. The first kappa shape index (κ1) is 19.3. The molecule has 1 unspecified atom stereocenters. The third-order valence-electron chi connectivity index (χ3n) is 4.74. The number of thioether (sulfide) groups is 2. The molecule has 0 spiro atoms. The Morgan fingerprint density at radius 3 is 2.64 bits per heavy atom. The minimum absolute atomic E-state index is 0.000944. The fraction of sp³-hybridized carbons (Fsp3) is 0.300. The van der Waals surface area contributed by atoms with Gasteiger partial charge in [0.2, 0.25) is 11.8 Å². The molecule has 2 aliphatic heterocycles. The Morgan fingerprint density at radius 1 is 1.11 bits per heavy atom. The van der Waals surface area contributed by atoms with Crippen molar-refractivity contribution in [2.75, 3.05) is 28.3 Å². The Morgan fingerprint density at radius 2 is 1.89 bits per heavy atom. The molecule has 4 rings (SSSR count). The van der Waals surface area contributed by atoms with Crippen LogP contribution in [0.2, 0.25) is 0 Å². The van der Waals surface area contributed by atoms with Gasteiger partial charge in [0, 0.05) is 36.2 Å². The number of nitrogens with one attached hydrogen (secondary N) is 1. The molecular formula is C20H18F2N2O2S2. The lowest BCUT2D eigenvalue weighted by atomic mass is 10.1. The van der Waals surface area contributed by atoms with Crippen LogP contribution in [0.15, 0.2) is 42.5 Å². The molecule has 2 aromatic rings. The van der Waals surface area contributed by atoms with Gasteiger partial charge in [0.15, 0.2) is 0 Å². The predicted octanol–water partition coefficient (Wildman–Crippen LogP) is 4.44. The Labute approximate surface area is 170 Å². The lowest BCUT2D eigenvalue weighted by Gasteiger charge is -2.17. The molecule has 28 heavy (non-hydrogen) atoms. The standard InChI is InChI=1S/C20H18F2N2O2S2/c21-14-4-5-17(16(22)10-14)24-11-13(9-18(24)25)19(26)23-15-3-1-2-12(8-15)20-27-6-7-28-20/h1-5,8,10,13,20H,6-7,9,11H2,(H,23,26). The molecule has 0 radical (unpaired) electrons. The average Bonchev–Trinajstić information content (AvgIpc) is 3.32. The maximum Gasteiger partial charge on any atom is 0.229 e. The van der Waals surface area contributed by atoms with Gasteiger partial charge in [0.25, 0.3) is 0 Å². The molecule has 2 aromatic carbocycles.